The Morgan fingerprint density at radius 2 is 2.10 bits per heavy atom. The molecule has 0 atom stereocenters. The predicted molar refractivity (Wildman–Crippen MR) is 84.5 cm³/mol. The number of benzene rings is 1. The molecule has 3 rings (SSSR count). The van der Waals surface area contributed by atoms with E-state index in [2.05, 4.69) is 4.98 Å². The number of aromatic nitrogens is 2. The van der Waals surface area contributed by atoms with Gasteiger partial charge in [-0.25, -0.2) is 4.98 Å². The van der Waals surface area contributed by atoms with Crippen LogP contribution < -0.4 is 11.3 Å². The first-order valence-corrected chi connectivity index (χ1v) is 7.95. The van der Waals surface area contributed by atoms with Crippen molar-refractivity contribution < 1.29 is 0 Å². The van der Waals surface area contributed by atoms with E-state index in [9.17, 15) is 4.79 Å². The topological polar surface area (TPSA) is 60.4 Å². The third-order valence-electron chi connectivity index (χ3n) is 2.90. The largest absolute Gasteiger partial charge is 0.399 e. The van der Waals surface area contributed by atoms with E-state index < -0.39 is 0 Å². The molecule has 2 heterocycles. The number of aryl methyl sites for hydroxylation is 1. The van der Waals surface area contributed by atoms with Gasteiger partial charge in [0.1, 0.15) is 0 Å². The molecular weight excluding hydrogens is 290 g/mol. The van der Waals surface area contributed by atoms with Crippen molar-refractivity contribution >= 4 is 33.7 Å². The zero-order valence-corrected chi connectivity index (χ0v) is 12.5. The molecule has 0 saturated heterocycles. The predicted octanol–water partition coefficient (Wildman–Crippen LogP) is 2.94. The van der Waals surface area contributed by atoms with Crippen molar-refractivity contribution in [1.82, 2.24) is 9.38 Å². The van der Waals surface area contributed by atoms with E-state index in [-0.39, 0.29) is 5.56 Å². The van der Waals surface area contributed by atoms with Gasteiger partial charge in [0.25, 0.3) is 5.56 Å². The van der Waals surface area contributed by atoms with Crippen molar-refractivity contribution in [2.24, 2.45) is 0 Å². The molecule has 6 heteroatoms. The van der Waals surface area contributed by atoms with E-state index in [0.29, 0.717) is 5.75 Å². The van der Waals surface area contributed by atoms with Crippen molar-refractivity contribution in [3.63, 3.8) is 0 Å². The molecular formula is C14H13N3OS2. The molecule has 0 radical (unpaired) electrons. The second kappa shape index (κ2) is 5.30. The molecule has 0 aliphatic rings. The summed E-state index contributed by atoms with van der Waals surface area (Å²) in [6.45, 7) is 1.91. The SMILES string of the molecule is Cc1csc2nc(CSc3ccc(N)cc3)cc(=O)n12. The Bertz CT molecular complexity index is 805. The number of nitrogens with two attached hydrogens (primary N) is 1. The van der Waals surface area contributed by atoms with Crippen LogP contribution in [-0.2, 0) is 5.75 Å². The fourth-order valence-electron chi connectivity index (χ4n) is 1.90. The Kier molecular flexibility index (Phi) is 3.50. The van der Waals surface area contributed by atoms with E-state index in [1.807, 2.05) is 36.6 Å². The fourth-order valence-corrected chi connectivity index (χ4v) is 3.58. The summed E-state index contributed by atoms with van der Waals surface area (Å²) < 4.78 is 1.64. The van der Waals surface area contributed by atoms with Crippen molar-refractivity contribution in [2.75, 3.05) is 5.73 Å². The zero-order valence-electron chi connectivity index (χ0n) is 10.9. The van der Waals surface area contributed by atoms with Crippen LogP contribution in [0, 0.1) is 6.92 Å². The van der Waals surface area contributed by atoms with Crippen molar-refractivity contribution in [1.29, 1.82) is 0 Å². The Balaban J connectivity index is 1.84. The Morgan fingerprint density at radius 1 is 1.35 bits per heavy atom. The number of fused-ring (bicyclic) bond motifs is 1. The number of hydrogen-bond acceptors (Lipinski definition) is 5. The van der Waals surface area contributed by atoms with Crippen molar-refractivity contribution in [3.8, 4) is 0 Å². The lowest BCUT2D eigenvalue weighted by molar-refractivity contribution is 0.997. The average molecular weight is 303 g/mol. The van der Waals surface area contributed by atoms with Gasteiger partial charge >= 0.3 is 0 Å². The van der Waals surface area contributed by atoms with Crippen LogP contribution in [0.15, 0.2) is 45.4 Å². The maximum Gasteiger partial charge on any atom is 0.258 e. The minimum Gasteiger partial charge on any atom is -0.399 e. The van der Waals surface area contributed by atoms with Crippen LogP contribution in [0.1, 0.15) is 11.4 Å². The monoisotopic (exact) mass is 303 g/mol. The Morgan fingerprint density at radius 3 is 2.85 bits per heavy atom. The van der Waals surface area contributed by atoms with Crippen LogP contribution in [0.4, 0.5) is 5.69 Å². The van der Waals surface area contributed by atoms with Gasteiger partial charge in [0.05, 0.1) is 5.69 Å². The second-order valence-corrected chi connectivity index (χ2v) is 6.32. The fraction of sp³-hybridized carbons (Fsp3) is 0.143. The minimum atomic E-state index is -0.0124. The summed E-state index contributed by atoms with van der Waals surface area (Å²) in [7, 11) is 0. The van der Waals surface area contributed by atoms with Gasteiger partial charge in [0.2, 0.25) is 0 Å². The van der Waals surface area contributed by atoms with Gasteiger partial charge in [0, 0.05) is 33.5 Å². The van der Waals surface area contributed by atoms with Crippen LogP contribution in [0.5, 0.6) is 0 Å². The summed E-state index contributed by atoms with van der Waals surface area (Å²) in [6, 6.07) is 9.30. The summed E-state index contributed by atoms with van der Waals surface area (Å²) in [5.41, 5.74) is 8.13. The summed E-state index contributed by atoms with van der Waals surface area (Å²) in [4.78, 5) is 18.4. The summed E-state index contributed by atoms with van der Waals surface area (Å²) in [6.07, 6.45) is 0. The van der Waals surface area contributed by atoms with E-state index in [1.54, 1.807) is 22.2 Å². The number of thiazole rings is 1. The number of nitrogen functional groups attached to an aromatic ring is 1. The van der Waals surface area contributed by atoms with Crippen molar-refractivity contribution in [3.05, 3.63) is 57.5 Å². The van der Waals surface area contributed by atoms with Crippen LogP contribution in [0.2, 0.25) is 0 Å². The van der Waals surface area contributed by atoms with Crippen molar-refractivity contribution in [2.45, 2.75) is 17.6 Å². The quantitative estimate of drug-likeness (QED) is 0.597. The summed E-state index contributed by atoms with van der Waals surface area (Å²) >= 11 is 3.14. The van der Waals surface area contributed by atoms with Crippen LogP contribution in [0.3, 0.4) is 0 Å². The lowest BCUT2D eigenvalue weighted by atomic mass is 10.3. The number of nitrogens with zero attached hydrogens (tertiary/aromatic N) is 2. The van der Waals surface area contributed by atoms with E-state index >= 15 is 0 Å². The third-order valence-corrected chi connectivity index (χ3v) is 4.88. The molecule has 0 fully saturated rings. The van der Waals surface area contributed by atoms with Gasteiger partial charge < -0.3 is 5.73 Å². The Hall–Kier alpha value is -1.79. The first-order chi connectivity index (χ1) is 9.63. The molecule has 0 amide bonds. The highest BCUT2D eigenvalue weighted by Gasteiger charge is 2.06. The Labute approximate surface area is 124 Å². The van der Waals surface area contributed by atoms with Gasteiger partial charge in [-0.1, -0.05) is 0 Å². The zero-order chi connectivity index (χ0) is 14.1. The molecule has 2 N–H and O–H groups in total. The highest BCUT2D eigenvalue weighted by Crippen LogP contribution is 2.23. The highest BCUT2D eigenvalue weighted by molar-refractivity contribution is 7.98. The van der Waals surface area contributed by atoms with E-state index in [4.69, 9.17) is 5.73 Å². The van der Waals surface area contributed by atoms with Crippen LogP contribution >= 0.6 is 23.1 Å². The standard InChI is InChI=1S/C14H13N3OS2/c1-9-7-20-14-16-11(6-13(18)17(9)14)8-19-12-4-2-10(15)3-5-12/h2-7H,8,15H2,1H3. The summed E-state index contributed by atoms with van der Waals surface area (Å²) in [5, 5.41) is 1.95. The lowest BCUT2D eigenvalue weighted by Gasteiger charge is -2.03. The third kappa shape index (κ3) is 2.57. The van der Waals surface area contributed by atoms with Gasteiger partial charge in [-0.15, -0.1) is 23.1 Å². The first kappa shape index (κ1) is 13.2. The van der Waals surface area contributed by atoms with E-state index in [1.165, 1.54) is 11.3 Å². The molecule has 0 saturated carbocycles. The molecule has 0 unspecified atom stereocenters. The normalized spacial score (nSPS) is 11.1. The molecule has 0 spiro atoms. The number of rotatable bonds is 3. The molecule has 20 heavy (non-hydrogen) atoms. The molecule has 3 aromatic rings. The van der Waals surface area contributed by atoms with Gasteiger partial charge in [-0.2, -0.15) is 0 Å². The number of hydrogen-bond donors (Lipinski definition) is 1. The van der Waals surface area contributed by atoms with Gasteiger partial charge in [-0.05, 0) is 31.2 Å². The van der Waals surface area contributed by atoms with Crippen LogP contribution in [-0.4, -0.2) is 9.38 Å². The molecule has 0 aliphatic carbocycles. The molecule has 2 aromatic heterocycles. The maximum atomic E-state index is 12.0. The lowest BCUT2D eigenvalue weighted by Crippen LogP contribution is -2.14. The number of anilines is 1. The maximum absolute atomic E-state index is 12.0. The van der Waals surface area contributed by atoms with Gasteiger partial charge in [0.15, 0.2) is 4.96 Å². The highest BCUT2D eigenvalue weighted by atomic mass is 32.2. The van der Waals surface area contributed by atoms with Gasteiger partial charge in [-0.3, -0.25) is 9.20 Å². The average Bonchev–Trinajstić information content (AvgIpc) is 2.80. The molecule has 0 aliphatic heterocycles. The molecule has 1 aromatic carbocycles. The van der Waals surface area contributed by atoms with Crippen LogP contribution in [0.25, 0.3) is 4.96 Å². The minimum absolute atomic E-state index is 0.0124. The first-order valence-electron chi connectivity index (χ1n) is 6.08. The molecule has 0 bridgehead atoms. The summed E-state index contributed by atoms with van der Waals surface area (Å²) in [5.74, 6) is 0.673. The smallest absolute Gasteiger partial charge is 0.258 e. The second-order valence-electron chi connectivity index (χ2n) is 4.44. The molecule has 4 nitrogen and oxygen atoms in total. The number of thioether (sulfide) groups is 1. The molecule has 102 valence electrons. The van der Waals surface area contributed by atoms with E-state index in [0.717, 1.165) is 26.9 Å².